The highest BCUT2D eigenvalue weighted by atomic mass is 16.5. The minimum absolute atomic E-state index is 0.0411. The summed E-state index contributed by atoms with van der Waals surface area (Å²) in [6, 6.07) is 8.12. The van der Waals surface area contributed by atoms with Gasteiger partial charge in [0.2, 0.25) is 0 Å². The molecule has 0 radical (unpaired) electrons. The molecule has 0 amide bonds. The molecular weight excluding hydrogens is 314 g/mol. The van der Waals surface area contributed by atoms with Crippen LogP contribution in [0.4, 0.5) is 0 Å². The van der Waals surface area contributed by atoms with Crippen molar-refractivity contribution in [2.24, 2.45) is 13.0 Å². The molecule has 5 nitrogen and oxygen atoms in total. The van der Waals surface area contributed by atoms with E-state index < -0.39 is 0 Å². The lowest BCUT2D eigenvalue weighted by atomic mass is 10.0. The number of aromatic nitrogens is 2. The molecule has 0 saturated carbocycles. The van der Waals surface area contributed by atoms with E-state index in [0.29, 0.717) is 24.0 Å². The zero-order chi connectivity index (χ0) is 18.0. The van der Waals surface area contributed by atoms with E-state index in [4.69, 9.17) is 4.74 Å². The van der Waals surface area contributed by atoms with Crippen molar-refractivity contribution >= 4 is 21.7 Å². The first-order chi connectivity index (χ1) is 12.0. The van der Waals surface area contributed by atoms with E-state index >= 15 is 0 Å². The van der Waals surface area contributed by atoms with Crippen LogP contribution in [0.1, 0.15) is 20.3 Å². The Morgan fingerprint density at radius 3 is 2.72 bits per heavy atom. The van der Waals surface area contributed by atoms with Gasteiger partial charge in [-0.05, 0) is 43.0 Å². The van der Waals surface area contributed by atoms with Crippen molar-refractivity contribution in [3.05, 3.63) is 47.0 Å². The fourth-order valence-corrected chi connectivity index (χ4v) is 3.23. The van der Waals surface area contributed by atoms with E-state index in [9.17, 15) is 4.79 Å². The van der Waals surface area contributed by atoms with Crippen molar-refractivity contribution in [1.29, 1.82) is 0 Å². The largest absolute Gasteiger partial charge is 0.492 e. The van der Waals surface area contributed by atoms with Crippen molar-refractivity contribution in [2.75, 3.05) is 13.7 Å². The number of fused-ring (bicyclic) bond motifs is 3. The normalized spacial score (nSPS) is 12.8. The molecule has 3 rings (SSSR count). The van der Waals surface area contributed by atoms with Gasteiger partial charge >= 0.3 is 0 Å². The first-order valence-electron chi connectivity index (χ1n) is 8.67. The Balaban J connectivity index is 1.96. The second-order valence-electron chi connectivity index (χ2n) is 6.89. The maximum absolute atomic E-state index is 12.6. The Morgan fingerprint density at radius 2 is 2.00 bits per heavy atom. The molecule has 0 bridgehead atoms. The highest BCUT2D eigenvalue weighted by Gasteiger charge is 2.12. The maximum atomic E-state index is 12.6. The molecule has 1 unspecified atom stereocenters. The van der Waals surface area contributed by atoms with Gasteiger partial charge in [0.25, 0.3) is 5.56 Å². The van der Waals surface area contributed by atoms with E-state index in [1.807, 2.05) is 31.3 Å². The minimum Gasteiger partial charge on any atom is -0.492 e. The fraction of sp³-hybridized carbons (Fsp3) is 0.400. The average molecular weight is 339 g/mol. The Kier molecular flexibility index (Phi) is 5.04. The Labute approximate surface area is 147 Å². The molecular formula is C20H25N3O2. The summed E-state index contributed by atoms with van der Waals surface area (Å²) in [7, 11) is 3.75. The summed E-state index contributed by atoms with van der Waals surface area (Å²) < 4.78 is 7.65. The quantitative estimate of drug-likeness (QED) is 0.701. The number of benzene rings is 1. The third kappa shape index (κ3) is 3.51. The van der Waals surface area contributed by atoms with E-state index in [1.165, 1.54) is 0 Å². The lowest BCUT2D eigenvalue weighted by Crippen LogP contribution is -2.33. The zero-order valence-corrected chi connectivity index (χ0v) is 15.2. The molecule has 1 N–H and O–H groups in total. The van der Waals surface area contributed by atoms with Crippen molar-refractivity contribution in [3.8, 4) is 5.75 Å². The van der Waals surface area contributed by atoms with Gasteiger partial charge in [0.05, 0.1) is 10.9 Å². The van der Waals surface area contributed by atoms with Gasteiger partial charge in [-0.3, -0.25) is 9.78 Å². The highest BCUT2D eigenvalue weighted by molar-refractivity contribution is 6.05. The average Bonchev–Trinajstić information content (AvgIpc) is 2.62. The first-order valence-corrected chi connectivity index (χ1v) is 8.67. The number of nitrogens with one attached hydrogen (secondary N) is 1. The standard InChI is InChI=1S/C20H25N3O2/c1-13(2)9-14(21-3)12-25-15-5-6-17-16-7-8-22-11-18(16)20(24)23(4)19(17)10-15/h5-8,10-11,13-14,21H,9,12H2,1-4H3. The molecule has 0 aliphatic carbocycles. The number of hydrogen-bond donors (Lipinski definition) is 1. The van der Waals surface area contributed by atoms with Crippen LogP contribution in [0.25, 0.3) is 21.7 Å². The molecule has 2 heterocycles. The van der Waals surface area contributed by atoms with Crippen LogP contribution < -0.4 is 15.6 Å². The number of pyridine rings is 2. The fourth-order valence-electron chi connectivity index (χ4n) is 3.23. The van der Waals surface area contributed by atoms with Crippen LogP contribution >= 0.6 is 0 Å². The lowest BCUT2D eigenvalue weighted by molar-refractivity contribution is 0.251. The molecule has 2 aromatic heterocycles. The van der Waals surface area contributed by atoms with Gasteiger partial charge in [-0.2, -0.15) is 0 Å². The third-order valence-electron chi connectivity index (χ3n) is 4.59. The summed E-state index contributed by atoms with van der Waals surface area (Å²) in [5.41, 5.74) is 0.826. The van der Waals surface area contributed by atoms with E-state index in [2.05, 4.69) is 24.1 Å². The second-order valence-corrected chi connectivity index (χ2v) is 6.89. The number of likely N-dealkylation sites (N-methyl/N-ethyl adjacent to an activating group) is 1. The molecule has 5 heteroatoms. The third-order valence-corrected chi connectivity index (χ3v) is 4.59. The van der Waals surface area contributed by atoms with Crippen LogP contribution in [0.3, 0.4) is 0 Å². The molecule has 0 aliphatic rings. The van der Waals surface area contributed by atoms with Crippen LogP contribution in [0.2, 0.25) is 0 Å². The molecule has 1 aromatic carbocycles. The smallest absolute Gasteiger partial charge is 0.260 e. The predicted molar refractivity (Wildman–Crippen MR) is 102 cm³/mol. The van der Waals surface area contributed by atoms with Gasteiger partial charge in [0.15, 0.2) is 0 Å². The Morgan fingerprint density at radius 1 is 1.20 bits per heavy atom. The Hall–Kier alpha value is -2.40. The monoisotopic (exact) mass is 339 g/mol. The van der Waals surface area contributed by atoms with Crippen molar-refractivity contribution < 1.29 is 4.74 Å². The molecule has 0 saturated heterocycles. The topological polar surface area (TPSA) is 56.1 Å². The number of nitrogens with zero attached hydrogens (tertiary/aromatic N) is 2. The van der Waals surface area contributed by atoms with Gasteiger partial charge in [-0.15, -0.1) is 0 Å². The summed E-state index contributed by atoms with van der Waals surface area (Å²) in [6.07, 6.45) is 4.40. The van der Waals surface area contributed by atoms with Crippen LogP contribution in [-0.4, -0.2) is 29.2 Å². The van der Waals surface area contributed by atoms with E-state index in [-0.39, 0.29) is 5.56 Å². The van der Waals surface area contributed by atoms with Crippen molar-refractivity contribution in [3.63, 3.8) is 0 Å². The van der Waals surface area contributed by atoms with Gasteiger partial charge in [-0.1, -0.05) is 13.8 Å². The van der Waals surface area contributed by atoms with Crippen LogP contribution in [0, 0.1) is 5.92 Å². The maximum Gasteiger partial charge on any atom is 0.260 e. The number of hydrogen-bond acceptors (Lipinski definition) is 4. The van der Waals surface area contributed by atoms with Gasteiger partial charge in [0.1, 0.15) is 12.4 Å². The minimum atomic E-state index is -0.0411. The summed E-state index contributed by atoms with van der Waals surface area (Å²) in [4.78, 5) is 16.6. The first kappa shape index (κ1) is 17.4. The summed E-state index contributed by atoms with van der Waals surface area (Å²) >= 11 is 0. The Bertz CT molecular complexity index is 947. The summed E-state index contributed by atoms with van der Waals surface area (Å²) in [5, 5.41) is 5.89. The van der Waals surface area contributed by atoms with E-state index in [1.54, 1.807) is 24.0 Å². The van der Waals surface area contributed by atoms with Crippen LogP contribution in [0.15, 0.2) is 41.5 Å². The molecule has 3 aromatic rings. The molecule has 25 heavy (non-hydrogen) atoms. The summed E-state index contributed by atoms with van der Waals surface area (Å²) in [5.74, 6) is 1.39. The summed E-state index contributed by atoms with van der Waals surface area (Å²) in [6.45, 7) is 5.01. The molecule has 0 aliphatic heterocycles. The second kappa shape index (κ2) is 7.23. The number of aryl methyl sites for hydroxylation is 1. The van der Waals surface area contributed by atoms with Gasteiger partial charge < -0.3 is 14.6 Å². The van der Waals surface area contributed by atoms with Crippen LogP contribution in [0.5, 0.6) is 5.75 Å². The number of rotatable bonds is 6. The molecule has 132 valence electrons. The molecule has 0 fully saturated rings. The zero-order valence-electron chi connectivity index (χ0n) is 15.2. The highest BCUT2D eigenvalue weighted by Crippen LogP contribution is 2.25. The van der Waals surface area contributed by atoms with Gasteiger partial charge in [-0.25, -0.2) is 0 Å². The lowest BCUT2D eigenvalue weighted by Gasteiger charge is -2.19. The molecule has 0 spiro atoms. The predicted octanol–water partition coefficient (Wildman–Crippen LogP) is 3.10. The SMILES string of the molecule is CNC(COc1ccc2c3ccncc3c(=O)n(C)c2c1)CC(C)C. The van der Waals surface area contributed by atoms with Crippen molar-refractivity contribution in [2.45, 2.75) is 26.3 Å². The van der Waals surface area contributed by atoms with Crippen molar-refractivity contribution in [1.82, 2.24) is 14.9 Å². The van der Waals surface area contributed by atoms with Gasteiger partial charge in [0, 0.05) is 36.9 Å². The van der Waals surface area contributed by atoms with E-state index in [0.717, 1.165) is 28.5 Å². The van der Waals surface area contributed by atoms with Crippen LogP contribution in [-0.2, 0) is 7.05 Å². The number of ether oxygens (including phenoxy) is 1. The molecule has 1 atom stereocenters.